The number of ether oxygens (including phenoxy) is 1. The number of sulfone groups is 1. The van der Waals surface area contributed by atoms with E-state index >= 15 is 0 Å². The molecule has 1 atom stereocenters. The number of benzene rings is 1. The molecule has 0 bridgehead atoms. The fourth-order valence-corrected chi connectivity index (χ4v) is 2.22. The molecule has 1 aromatic carbocycles. The van der Waals surface area contributed by atoms with Crippen LogP contribution in [0.5, 0.6) is 5.75 Å². The second-order valence-corrected chi connectivity index (χ2v) is 6.49. The Hall–Kier alpha value is -1.11. The van der Waals surface area contributed by atoms with Crippen molar-refractivity contribution in [1.29, 1.82) is 0 Å². The first kappa shape index (κ1) is 14.9. The molecule has 0 amide bonds. The van der Waals surface area contributed by atoms with E-state index in [4.69, 9.17) is 10.6 Å². The maximum absolute atomic E-state index is 11.0. The summed E-state index contributed by atoms with van der Waals surface area (Å²) < 4.78 is 27.6. The molecule has 1 unspecified atom stereocenters. The average molecular weight is 272 g/mol. The van der Waals surface area contributed by atoms with E-state index in [0.717, 1.165) is 5.75 Å². The van der Waals surface area contributed by atoms with Crippen molar-refractivity contribution in [3.63, 3.8) is 0 Å². The lowest BCUT2D eigenvalue weighted by molar-refractivity contribution is 0.284. The van der Waals surface area contributed by atoms with Crippen molar-refractivity contribution in [1.82, 2.24) is 5.43 Å². The van der Waals surface area contributed by atoms with Gasteiger partial charge in [-0.1, -0.05) is 18.2 Å². The standard InChI is InChI=1S/C12H20N2O3S/c1-18(15,16)10-8-11(14-13)7-9-17-12-5-3-2-4-6-12/h2-6,11,14H,7-10,13H2,1H3. The highest BCUT2D eigenvalue weighted by Gasteiger charge is 2.10. The Labute approximate surface area is 108 Å². The molecule has 0 spiro atoms. The first-order valence-corrected chi connectivity index (χ1v) is 7.89. The van der Waals surface area contributed by atoms with Gasteiger partial charge in [0.1, 0.15) is 15.6 Å². The molecule has 6 heteroatoms. The van der Waals surface area contributed by atoms with Crippen molar-refractivity contribution in [3.8, 4) is 5.75 Å². The molecule has 1 rings (SSSR count). The summed E-state index contributed by atoms with van der Waals surface area (Å²) in [7, 11) is -2.94. The van der Waals surface area contributed by atoms with Crippen LogP contribution in [0.2, 0.25) is 0 Å². The molecule has 18 heavy (non-hydrogen) atoms. The molecule has 102 valence electrons. The van der Waals surface area contributed by atoms with Gasteiger partial charge in [0.05, 0.1) is 12.4 Å². The summed E-state index contributed by atoms with van der Waals surface area (Å²) in [5.74, 6) is 6.32. The second-order valence-electron chi connectivity index (χ2n) is 4.23. The minimum Gasteiger partial charge on any atom is -0.494 e. The summed E-state index contributed by atoms with van der Waals surface area (Å²) in [5, 5.41) is 0. The highest BCUT2D eigenvalue weighted by molar-refractivity contribution is 7.90. The number of hydrogen-bond donors (Lipinski definition) is 2. The van der Waals surface area contributed by atoms with Gasteiger partial charge in [0.25, 0.3) is 0 Å². The smallest absolute Gasteiger partial charge is 0.147 e. The highest BCUT2D eigenvalue weighted by atomic mass is 32.2. The minimum atomic E-state index is -2.94. The summed E-state index contributed by atoms with van der Waals surface area (Å²) >= 11 is 0. The number of hydrazine groups is 1. The maximum Gasteiger partial charge on any atom is 0.147 e. The van der Waals surface area contributed by atoms with Gasteiger partial charge in [-0.25, -0.2) is 8.42 Å². The normalized spacial score (nSPS) is 13.2. The molecule has 0 saturated carbocycles. The zero-order chi connectivity index (χ0) is 13.4. The van der Waals surface area contributed by atoms with Crippen molar-refractivity contribution in [2.45, 2.75) is 18.9 Å². The fraction of sp³-hybridized carbons (Fsp3) is 0.500. The third-order valence-corrected chi connectivity index (χ3v) is 3.53. The van der Waals surface area contributed by atoms with Gasteiger partial charge >= 0.3 is 0 Å². The zero-order valence-electron chi connectivity index (χ0n) is 10.5. The van der Waals surface area contributed by atoms with Crippen LogP contribution in [-0.2, 0) is 9.84 Å². The Morgan fingerprint density at radius 3 is 2.50 bits per heavy atom. The molecule has 3 N–H and O–H groups in total. The first-order valence-electron chi connectivity index (χ1n) is 5.83. The van der Waals surface area contributed by atoms with Crippen LogP contribution in [0.25, 0.3) is 0 Å². The van der Waals surface area contributed by atoms with Crippen molar-refractivity contribution >= 4 is 9.84 Å². The van der Waals surface area contributed by atoms with Gasteiger partial charge in [0.15, 0.2) is 0 Å². The lowest BCUT2D eigenvalue weighted by Gasteiger charge is -2.15. The number of nitrogens with two attached hydrogens (primary N) is 1. The van der Waals surface area contributed by atoms with E-state index in [-0.39, 0.29) is 11.8 Å². The predicted molar refractivity (Wildman–Crippen MR) is 72.0 cm³/mol. The maximum atomic E-state index is 11.0. The van der Waals surface area contributed by atoms with Crippen LogP contribution in [0.1, 0.15) is 12.8 Å². The summed E-state index contributed by atoms with van der Waals surface area (Å²) in [6, 6.07) is 9.42. The molecular formula is C12H20N2O3S. The van der Waals surface area contributed by atoms with Crippen LogP contribution >= 0.6 is 0 Å². The van der Waals surface area contributed by atoms with Gasteiger partial charge in [0, 0.05) is 12.3 Å². The first-order chi connectivity index (χ1) is 8.51. The lowest BCUT2D eigenvalue weighted by atomic mass is 10.2. The summed E-state index contributed by atoms with van der Waals surface area (Å²) in [5.41, 5.74) is 2.62. The van der Waals surface area contributed by atoms with Crippen LogP contribution in [-0.4, -0.2) is 33.1 Å². The Morgan fingerprint density at radius 1 is 1.28 bits per heavy atom. The fourth-order valence-electron chi connectivity index (χ4n) is 1.50. The van der Waals surface area contributed by atoms with E-state index in [1.54, 1.807) is 0 Å². The largest absolute Gasteiger partial charge is 0.494 e. The summed E-state index contributed by atoms with van der Waals surface area (Å²) in [6.07, 6.45) is 2.38. The minimum absolute atomic E-state index is 0.0524. The molecular weight excluding hydrogens is 252 g/mol. The third-order valence-electron chi connectivity index (χ3n) is 2.55. The van der Waals surface area contributed by atoms with Crippen LogP contribution in [0.15, 0.2) is 30.3 Å². The molecule has 0 aliphatic carbocycles. The highest BCUT2D eigenvalue weighted by Crippen LogP contribution is 2.09. The van der Waals surface area contributed by atoms with Gasteiger partial charge in [-0.3, -0.25) is 11.3 Å². The number of hydrogen-bond acceptors (Lipinski definition) is 5. The van der Waals surface area contributed by atoms with Crippen molar-refractivity contribution in [2.24, 2.45) is 5.84 Å². The molecule has 0 heterocycles. The second kappa shape index (κ2) is 7.35. The van der Waals surface area contributed by atoms with Gasteiger partial charge < -0.3 is 4.74 Å². The van der Waals surface area contributed by atoms with E-state index < -0.39 is 9.84 Å². The number of rotatable bonds is 8. The van der Waals surface area contributed by atoms with E-state index in [1.165, 1.54) is 6.26 Å². The van der Waals surface area contributed by atoms with Crippen LogP contribution < -0.4 is 16.0 Å². The van der Waals surface area contributed by atoms with Crippen molar-refractivity contribution in [2.75, 3.05) is 18.6 Å². The quantitative estimate of drug-likeness (QED) is 0.538. The number of nitrogens with one attached hydrogen (secondary N) is 1. The summed E-state index contributed by atoms with van der Waals surface area (Å²) in [6.45, 7) is 0.503. The third kappa shape index (κ3) is 6.58. The van der Waals surface area contributed by atoms with Crippen molar-refractivity contribution < 1.29 is 13.2 Å². The van der Waals surface area contributed by atoms with Gasteiger partial charge in [-0.05, 0) is 25.0 Å². The van der Waals surface area contributed by atoms with E-state index in [2.05, 4.69) is 5.43 Å². The topological polar surface area (TPSA) is 81.4 Å². The number of para-hydroxylation sites is 1. The van der Waals surface area contributed by atoms with E-state index in [0.29, 0.717) is 19.4 Å². The van der Waals surface area contributed by atoms with Crippen molar-refractivity contribution in [3.05, 3.63) is 30.3 Å². The molecule has 0 fully saturated rings. The van der Waals surface area contributed by atoms with Crippen LogP contribution in [0.3, 0.4) is 0 Å². The van der Waals surface area contributed by atoms with Gasteiger partial charge in [-0.2, -0.15) is 0 Å². The average Bonchev–Trinajstić information content (AvgIpc) is 2.33. The Kier molecular flexibility index (Phi) is 6.11. The Balaban J connectivity index is 2.27. The Bertz CT molecular complexity index is 434. The molecule has 5 nitrogen and oxygen atoms in total. The zero-order valence-corrected chi connectivity index (χ0v) is 11.3. The Morgan fingerprint density at radius 2 is 1.94 bits per heavy atom. The van der Waals surface area contributed by atoms with Gasteiger partial charge in [0.2, 0.25) is 0 Å². The van der Waals surface area contributed by atoms with E-state index in [9.17, 15) is 8.42 Å². The van der Waals surface area contributed by atoms with Crippen LogP contribution in [0, 0.1) is 0 Å². The van der Waals surface area contributed by atoms with Gasteiger partial charge in [-0.15, -0.1) is 0 Å². The molecule has 0 radical (unpaired) electrons. The molecule has 0 aliphatic heterocycles. The van der Waals surface area contributed by atoms with Crippen LogP contribution in [0.4, 0.5) is 0 Å². The molecule has 0 aliphatic rings. The SMILES string of the molecule is CS(=O)(=O)CCC(CCOc1ccccc1)NN. The molecule has 0 aromatic heterocycles. The monoisotopic (exact) mass is 272 g/mol. The summed E-state index contributed by atoms with van der Waals surface area (Å²) in [4.78, 5) is 0. The molecule has 0 saturated heterocycles. The predicted octanol–water partition coefficient (Wildman–Crippen LogP) is 0.722. The van der Waals surface area contributed by atoms with E-state index in [1.807, 2.05) is 30.3 Å². The lowest BCUT2D eigenvalue weighted by Crippen LogP contribution is -2.37. The molecule has 1 aromatic rings.